The minimum absolute atomic E-state index is 0.160. The Bertz CT molecular complexity index is 912. The topological polar surface area (TPSA) is 42.0 Å². The largest absolute Gasteiger partial charge is 0.352 e. The molecule has 0 aliphatic heterocycles. The van der Waals surface area contributed by atoms with Crippen LogP contribution in [-0.2, 0) is 4.79 Å². The highest BCUT2D eigenvalue weighted by atomic mass is 19.1. The van der Waals surface area contributed by atoms with Crippen LogP contribution in [0.25, 0.3) is 16.5 Å². The van der Waals surface area contributed by atoms with Gasteiger partial charge in [-0.25, -0.2) is 4.39 Å². The number of hydrogen-bond acceptors (Lipinski definition) is 2. The molecule has 27 heavy (non-hydrogen) atoms. The molecule has 0 spiro atoms. The zero-order valence-electron chi connectivity index (χ0n) is 16.3. The summed E-state index contributed by atoms with van der Waals surface area (Å²) in [6, 6.07) is 6.80. The molecular weight excluding hydrogens is 339 g/mol. The number of carbonyl (C=O) groups excluding carboxylic acids is 1. The maximum Gasteiger partial charge on any atom is 0.220 e. The maximum atomic E-state index is 13.7. The van der Waals surface area contributed by atoms with Crippen LogP contribution in [0.15, 0.2) is 36.5 Å². The molecule has 4 rings (SSSR count). The van der Waals surface area contributed by atoms with Crippen LogP contribution in [0, 0.1) is 23.6 Å². The van der Waals surface area contributed by atoms with Crippen molar-refractivity contribution in [2.45, 2.75) is 52.0 Å². The lowest BCUT2D eigenvalue weighted by Crippen LogP contribution is -2.41. The first-order valence-electron chi connectivity index (χ1n) is 9.85. The lowest BCUT2D eigenvalue weighted by Gasteiger charge is -2.22. The first-order valence-corrected chi connectivity index (χ1v) is 9.85. The van der Waals surface area contributed by atoms with E-state index in [9.17, 15) is 9.18 Å². The van der Waals surface area contributed by atoms with E-state index < -0.39 is 0 Å². The van der Waals surface area contributed by atoms with Gasteiger partial charge in [-0.2, -0.15) is 0 Å². The Kier molecular flexibility index (Phi) is 4.53. The van der Waals surface area contributed by atoms with Crippen molar-refractivity contribution in [3.05, 3.63) is 47.9 Å². The number of fused-ring (bicyclic) bond motifs is 2. The van der Waals surface area contributed by atoms with Gasteiger partial charge in [0.2, 0.25) is 5.91 Å². The van der Waals surface area contributed by atoms with Crippen LogP contribution in [0.2, 0.25) is 0 Å². The van der Waals surface area contributed by atoms with Gasteiger partial charge in [0.25, 0.3) is 0 Å². The molecule has 1 fully saturated rings. The van der Waals surface area contributed by atoms with Crippen molar-refractivity contribution < 1.29 is 9.18 Å². The Morgan fingerprint density at radius 3 is 2.81 bits per heavy atom. The predicted octanol–water partition coefficient (Wildman–Crippen LogP) is 5.11. The normalized spacial score (nSPS) is 24.7. The van der Waals surface area contributed by atoms with Crippen molar-refractivity contribution in [2.24, 2.45) is 17.8 Å². The van der Waals surface area contributed by atoms with Gasteiger partial charge in [-0.1, -0.05) is 6.08 Å². The first kappa shape index (κ1) is 18.1. The fraction of sp³-hybridized carbons (Fsp3) is 0.478. The van der Waals surface area contributed by atoms with E-state index in [4.69, 9.17) is 0 Å². The zero-order chi connectivity index (χ0) is 19.2. The SMILES string of the molecule is CC(C)(C)NC(=O)C[C@H]1C[C@@H]2CC(c3ccnc4ccc(F)cc34)=C[C@@H]2C1. The third-order valence-corrected chi connectivity index (χ3v) is 5.78. The number of halogens is 1. The van der Waals surface area contributed by atoms with Gasteiger partial charge in [-0.05, 0) is 93.2 Å². The summed E-state index contributed by atoms with van der Waals surface area (Å²) in [6.45, 7) is 6.06. The van der Waals surface area contributed by atoms with E-state index in [-0.39, 0.29) is 17.3 Å². The molecule has 0 saturated heterocycles. The monoisotopic (exact) mass is 366 g/mol. The first-order chi connectivity index (χ1) is 12.8. The highest BCUT2D eigenvalue weighted by Crippen LogP contribution is 2.49. The smallest absolute Gasteiger partial charge is 0.220 e. The number of hydrogen-bond donors (Lipinski definition) is 1. The zero-order valence-corrected chi connectivity index (χ0v) is 16.3. The molecule has 2 aliphatic carbocycles. The Labute approximate surface area is 160 Å². The van der Waals surface area contributed by atoms with Crippen LogP contribution in [-0.4, -0.2) is 16.4 Å². The van der Waals surface area contributed by atoms with Gasteiger partial charge >= 0.3 is 0 Å². The fourth-order valence-corrected chi connectivity index (χ4v) is 4.82. The second-order valence-corrected chi connectivity index (χ2v) is 9.18. The van der Waals surface area contributed by atoms with E-state index in [1.54, 1.807) is 12.1 Å². The third kappa shape index (κ3) is 3.90. The predicted molar refractivity (Wildman–Crippen MR) is 107 cm³/mol. The maximum absolute atomic E-state index is 13.7. The average Bonchev–Trinajstić information content (AvgIpc) is 3.10. The summed E-state index contributed by atoms with van der Waals surface area (Å²) in [5.74, 6) is 1.54. The Morgan fingerprint density at radius 2 is 2.07 bits per heavy atom. The molecule has 2 aromatic rings. The van der Waals surface area contributed by atoms with Gasteiger partial charge in [0.1, 0.15) is 5.82 Å². The fourth-order valence-electron chi connectivity index (χ4n) is 4.82. The van der Waals surface area contributed by atoms with Crippen LogP contribution >= 0.6 is 0 Å². The lowest BCUT2D eigenvalue weighted by molar-refractivity contribution is -0.123. The summed E-state index contributed by atoms with van der Waals surface area (Å²) in [5.41, 5.74) is 3.08. The van der Waals surface area contributed by atoms with E-state index in [0.29, 0.717) is 24.2 Å². The number of carbonyl (C=O) groups is 1. The summed E-state index contributed by atoms with van der Waals surface area (Å²) < 4.78 is 13.7. The summed E-state index contributed by atoms with van der Waals surface area (Å²) in [7, 11) is 0. The molecule has 1 saturated carbocycles. The number of benzene rings is 1. The lowest BCUT2D eigenvalue weighted by atomic mass is 9.94. The highest BCUT2D eigenvalue weighted by Gasteiger charge is 2.38. The molecule has 1 heterocycles. The summed E-state index contributed by atoms with van der Waals surface area (Å²) >= 11 is 0. The van der Waals surface area contributed by atoms with Crippen LogP contribution in [0.4, 0.5) is 4.39 Å². The van der Waals surface area contributed by atoms with Gasteiger partial charge in [-0.15, -0.1) is 0 Å². The molecule has 1 aromatic heterocycles. The standard InChI is InChI=1S/C23H27FN2O/c1-23(2,3)26-22(27)10-14-8-15-11-17(12-16(15)9-14)19-6-7-25-21-5-4-18(24)13-20(19)21/h4-7,11,13-16H,8-10,12H2,1-3H3,(H,26,27)/t14-,15+,16-/m1/s1. The molecule has 1 N–H and O–H groups in total. The molecular formula is C23H27FN2O. The van der Waals surface area contributed by atoms with E-state index in [1.807, 2.05) is 33.0 Å². The van der Waals surface area contributed by atoms with Crippen molar-refractivity contribution in [2.75, 3.05) is 0 Å². The number of nitrogens with one attached hydrogen (secondary N) is 1. The Balaban J connectivity index is 1.48. The molecule has 1 amide bonds. The van der Waals surface area contributed by atoms with Gasteiger partial charge in [0.05, 0.1) is 5.52 Å². The summed E-state index contributed by atoms with van der Waals surface area (Å²) in [5, 5.41) is 3.97. The number of nitrogens with zero attached hydrogens (tertiary/aromatic N) is 1. The second kappa shape index (κ2) is 6.74. The molecule has 0 bridgehead atoms. The van der Waals surface area contributed by atoms with E-state index in [0.717, 1.165) is 35.7 Å². The molecule has 0 unspecified atom stereocenters. The quantitative estimate of drug-likeness (QED) is 0.820. The molecule has 2 aliphatic rings. The van der Waals surface area contributed by atoms with Crippen molar-refractivity contribution in [3.63, 3.8) is 0 Å². The number of amides is 1. The molecule has 0 radical (unpaired) electrons. The van der Waals surface area contributed by atoms with Crippen LogP contribution in [0.1, 0.15) is 52.0 Å². The minimum Gasteiger partial charge on any atom is -0.352 e. The Morgan fingerprint density at radius 1 is 1.26 bits per heavy atom. The van der Waals surface area contributed by atoms with Crippen molar-refractivity contribution >= 4 is 22.4 Å². The van der Waals surface area contributed by atoms with Crippen molar-refractivity contribution in [3.8, 4) is 0 Å². The average molecular weight is 366 g/mol. The summed E-state index contributed by atoms with van der Waals surface area (Å²) in [4.78, 5) is 16.6. The van der Waals surface area contributed by atoms with Crippen molar-refractivity contribution in [1.82, 2.24) is 10.3 Å². The number of rotatable bonds is 3. The van der Waals surface area contributed by atoms with Crippen LogP contribution < -0.4 is 5.32 Å². The van der Waals surface area contributed by atoms with Crippen LogP contribution in [0.5, 0.6) is 0 Å². The molecule has 3 atom stereocenters. The Hall–Kier alpha value is -2.23. The molecule has 3 nitrogen and oxygen atoms in total. The number of allylic oxidation sites excluding steroid dienone is 2. The molecule has 4 heteroatoms. The summed E-state index contributed by atoms with van der Waals surface area (Å²) in [6.07, 6.45) is 7.98. The van der Waals surface area contributed by atoms with Crippen LogP contribution in [0.3, 0.4) is 0 Å². The number of aromatic nitrogens is 1. The van der Waals surface area contributed by atoms with Gasteiger partial charge in [-0.3, -0.25) is 9.78 Å². The third-order valence-electron chi connectivity index (χ3n) is 5.78. The second-order valence-electron chi connectivity index (χ2n) is 9.18. The van der Waals surface area contributed by atoms with Gasteiger partial charge < -0.3 is 5.32 Å². The van der Waals surface area contributed by atoms with Gasteiger partial charge in [0, 0.05) is 23.5 Å². The van der Waals surface area contributed by atoms with E-state index in [2.05, 4.69) is 16.4 Å². The minimum atomic E-state index is -0.222. The van der Waals surface area contributed by atoms with E-state index >= 15 is 0 Å². The van der Waals surface area contributed by atoms with Gasteiger partial charge in [0.15, 0.2) is 0 Å². The van der Waals surface area contributed by atoms with E-state index in [1.165, 1.54) is 11.6 Å². The van der Waals surface area contributed by atoms with Crippen molar-refractivity contribution in [1.29, 1.82) is 0 Å². The molecule has 142 valence electrons. The molecule has 1 aromatic carbocycles. The highest BCUT2D eigenvalue weighted by molar-refractivity contribution is 5.92. The number of pyridine rings is 1.